The highest BCUT2D eigenvalue weighted by Crippen LogP contribution is 2.11. The molecule has 0 saturated heterocycles. The Balaban J connectivity index is 2.92. The molecule has 1 aromatic carbocycles. The number of carbonyl (C=O) groups excluding carboxylic acids is 2. The SMILES string of the molecule is C=CCN(CC(=O)OCC)C(=O)c1cc(C)cc(C)c1. The van der Waals surface area contributed by atoms with E-state index in [9.17, 15) is 9.59 Å². The highest BCUT2D eigenvalue weighted by atomic mass is 16.5. The van der Waals surface area contributed by atoms with Crippen LogP contribution in [-0.4, -0.2) is 36.5 Å². The summed E-state index contributed by atoms with van der Waals surface area (Å²) in [5, 5.41) is 0. The Bertz CT molecular complexity index is 488. The van der Waals surface area contributed by atoms with Crippen molar-refractivity contribution in [1.29, 1.82) is 0 Å². The molecule has 0 aromatic heterocycles. The monoisotopic (exact) mass is 275 g/mol. The van der Waals surface area contributed by atoms with Crippen LogP contribution in [0.2, 0.25) is 0 Å². The van der Waals surface area contributed by atoms with Gasteiger partial charge in [0.1, 0.15) is 6.54 Å². The van der Waals surface area contributed by atoms with Gasteiger partial charge in [-0.15, -0.1) is 6.58 Å². The molecule has 0 heterocycles. The molecule has 0 aliphatic rings. The van der Waals surface area contributed by atoms with E-state index in [4.69, 9.17) is 4.74 Å². The number of hydrogen-bond acceptors (Lipinski definition) is 3. The summed E-state index contributed by atoms with van der Waals surface area (Å²) < 4.78 is 4.89. The average Bonchev–Trinajstić information content (AvgIpc) is 2.36. The second kappa shape index (κ2) is 7.48. The molecule has 4 heteroatoms. The fraction of sp³-hybridized carbons (Fsp3) is 0.375. The molecule has 0 fully saturated rings. The zero-order valence-electron chi connectivity index (χ0n) is 12.3. The van der Waals surface area contributed by atoms with Crippen molar-refractivity contribution in [1.82, 2.24) is 4.90 Å². The van der Waals surface area contributed by atoms with Crippen molar-refractivity contribution in [3.63, 3.8) is 0 Å². The lowest BCUT2D eigenvalue weighted by atomic mass is 10.1. The van der Waals surface area contributed by atoms with Gasteiger partial charge in [0.05, 0.1) is 6.61 Å². The van der Waals surface area contributed by atoms with Gasteiger partial charge >= 0.3 is 5.97 Å². The smallest absolute Gasteiger partial charge is 0.325 e. The first-order chi connectivity index (χ1) is 9.47. The summed E-state index contributed by atoms with van der Waals surface area (Å²) in [5.74, 6) is -0.600. The molecular weight excluding hydrogens is 254 g/mol. The lowest BCUT2D eigenvalue weighted by molar-refractivity contribution is -0.143. The number of benzene rings is 1. The van der Waals surface area contributed by atoms with Crippen LogP contribution in [0, 0.1) is 13.8 Å². The van der Waals surface area contributed by atoms with Gasteiger partial charge in [0, 0.05) is 12.1 Å². The summed E-state index contributed by atoms with van der Waals surface area (Å²) in [6, 6.07) is 5.63. The summed E-state index contributed by atoms with van der Waals surface area (Å²) in [6.07, 6.45) is 1.60. The molecule has 0 aliphatic carbocycles. The average molecular weight is 275 g/mol. The van der Waals surface area contributed by atoms with E-state index in [0.717, 1.165) is 11.1 Å². The van der Waals surface area contributed by atoms with Crippen LogP contribution in [0.15, 0.2) is 30.9 Å². The van der Waals surface area contributed by atoms with E-state index >= 15 is 0 Å². The van der Waals surface area contributed by atoms with Gasteiger partial charge in [-0.05, 0) is 32.9 Å². The minimum absolute atomic E-state index is 0.0638. The molecule has 4 nitrogen and oxygen atoms in total. The highest BCUT2D eigenvalue weighted by molar-refractivity contribution is 5.96. The predicted molar refractivity (Wildman–Crippen MR) is 78.6 cm³/mol. The van der Waals surface area contributed by atoms with Gasteiger partial charge in [0.2, 0.25) is 0 Å². The second-order valence-electron chi connectivity index (χ2n) is 4.66. The van der Waals surface area contributed by atoms with Gasteiger partial charge in [-0.3, -0.25) is 9.59 Å². The van der Waals surface area contributed by atoms with E-state index in [1.807, 2.05) is 32.0 Å². The fourth-order valence-corrected chi connectivity index (χ4v) is 2.02. The molecule has 0 saturated carbocycles. The largest absolute Gasteiger partial charge is 0.465 e. The van der Waals surface area contributed by atoms with Crippen LogP contribution in [0.4, 0.5) is 0 Å². The summed E-state index contributed by atoms with van der Waals surface area (Å²) in [7, 11) is 0. The van der Waals surface area contributed by atoms with Gasteiger partial charge in [0.25, 0.3) is 5.91 Å². The van der Waals surface area contributed by atoms with Crippen LogP contribution in [0.25, 0.3) is 0 Å². The third-order valence-corrected chi connectivity index (χ3v) is 2.73. The van der Waals surface area contributed by atoms with E-state index in [2.05, 4.69) is 6.58 Å². The van der Waals surface area contributed by atoms with E-state index in [1.165, 1.54) is 4.90 Å². The Hall–Kier alpha value is -2.10. The standard InChI is InChI=1S/C16H21NO3/c1-5-7-17(11-15(18)20-6-2)16(19)14-9-12(3)8-13(4)10-14/h5,8-10H,1,6-7,11H2,2-4H3. The van der Waals surface area contributed by atoms with E-state index in [-0.39, 0.29) is 12.5 Å². The van der Waals surface area contributed by atoms with Crippen molar-refractivity contribution in [3.8, 4) is 0 Å². The van der Waals surface area contributed by atoms with Crippen LogP contribution in [0.3, 0.4) is 0 Å². The lowest BCUT2D eigenvalue weighted by Crippen LogP contribution is -2.36. The normalized spacial score (nSPS) is 9.95. The number of carbonyl (C=O) groups is 2. The Kier molecular flexibility index (Phi) is 5.97. The van der Waals surface area contributed by atoms with Crippen molar-refractivity contribution in [2.75, 3.05) is 19.7 Å². The molecule has 1 aromatic rings. The topological polar surface area (TPSA) is 46.6 Å². The number of amides is 1. The molecule has 0 N–H and O–H groups in total. The van der Waals surface area contributed by atoms with Crippen molar-refractivity contribution < 1.29 is 14.3 Å². The maximum Gasteiger partial charge on any atom is 0.325 e. The van der Waals surface area contributed by atoms with E-state index in [1.54, 1.807) is 13.0 Å². The number of rotatable bonds is 6. The summed E-state index contributed by atoms with van der Waals surface area (Å²) in [5.41, 5.74) is 2.61. The van der Waals surface area contributed by atoms with Gasteiger partial charge in [-0.1, -0.05) is 23.3 Å². The molecule has 0 atom stereocenters. The Labute approximate surface area is 120 Å². The minimum atomic E-state index is -0.410. The molecule has 0 unspecified atom stereocenters. The molecule has 108 valence electrons. The quantitative estimate of drug-likeness (QED) is 0.592. The highest BCUT2D eigenvalue weighted by Gasteiger charge is 2.18. The molecule has 20 heavy (non-hydrogen) atoms. The molecule has 0 spiro atoms. The van der Waals surface area contributed by atoms with Crippen molar-refractivity contribution >= 4 is 11.9 Å². The van der Waals surface area contributed by atoms with Gasteiger partial charge in [-0.25, -0.2) is 0 Å². The first-order valence-electron chi connectivity index (χ1n) is 6.62. The lowest BCUT2D eigenvalue weighted by Gasteiger charge is -2.20. The third-order valence-electron chi connectivity index (χ3n) is 2.73. The Morgan fingerprint density at radius 2 is 1.85 bits per heavy atom. The van der Waals surface area contributed by atoms with Gasteiger partial charge < -0.3 is 9.64 Å². The molecule has 1 amide bonds. The number of ether oxygens (including phenoxy) is 1. The van der Waals surface area contributed by atoms with Gasteiger partial charge in [0.15, 0.2) is 0 Å². The summed E-state index contributed by atoms with van der Waals surface area (Å²) in [6.45, 7) is 9.78. The first-order valence-corrected chi connectivity index (χ1v) is 6.62. The van der Waals surface area contributed by atoms with E-state index < -0.39 is 5.97 Å². The number of nitrogens with zero attached hydrogens (tertiary/aromatic N) is 1. The first kappa shape index (κ1) is 16.0. The zero-order valence-corrected chi connectivity index (χ0v) is 12.3. The zero-order chi connectivity index (χ0) is 15.1. The molecule has 0 radical (unpaired) electrons. The Morgan fingerprint density at radius 1 is 1.25 bits per heavy atom. The van der Waals surface area contributed by atoms with Crippen LogP contribution < -0.4 is 0 Å². The van der Waals surface area contributed by atoms with Crippen LogP contribution >= 0.6 is 0 Å². The van der Waals surface area contributed by atoms with Crippen molar-refractivity contribution in [3.05, 3.63) is 47.5 Å². The number of hydrogen-bond donors (Lipinski definition) is 0. The number of aryl methyl sites for hydroxylation is 2. The fourth-order valence-electron chi connectivity index (χ4n) is 2.02. The van der Waals surface area contributed by atoms with Crippen molar-refractivity contribution in [2.45, 2.75) is 20.8 Å². The summed E-state index contributed by atoms with van der Waals surface area (Å²) in [4.78, 5) is 25.4. The maximum absolute atomic E-state index is 12.4. The molecule has 0 bridgehead atoms. The number of esters is 1. The third kappa shape index (κ3) is 4.53. The van der Waals surface area contributed by atoms with Crippen molar-refractivity contribution in [2.24, 2.45) is 0 Å². The Morgan fingerprint density at radius 3 is 2.35 bits per heavy atom. The second-order valence-corrected chi connectivity index (χ2v) is 4.66. The van der Waals surface area contributed by atoms with Gasteiger partial charge in [-0.2, -0.15) is 0 Å². The van der Waals surface area contributed by atoms with E-state index in [0.29, 0.717) is 18.7 Å². The molecule has 0 aliphatic heterocycles. The predicted octanol–water partition coefficient (Wildman–Crippen LogP) is 2.49. The molecule has 1 rings (SSSR count). The molecular formula is C16H21NO3. The van der Waals surface area contributed by atoms with Crippen LogP contribution in [0.1, 0.15) is 28.4 Å². The minimum Gasteiger partial charge on any atom is -0.465 e. The van der Waals surface area contributed by atoms with Crippen LogP contribution in [-0.2, 0) is 9.53 Å². The summed E-state index contributed by atoms with van der Waals surface area (Å²) >= 11 is 0. The maximum atomic E-state index is 12.4. The van der Waals surface area contributed by atoms with Crippen LogP contribution in [0.5, 0.6) is 0 Å².